The highest BCUT2D eigenvalue weighted by molar-refractivity contribution is 7.89. The number of methoxy groups -OCH3 is 1. The Kier molecular flexibility index (Phi) is 7.33. The molecule has 0 unspecified atom stereocenters. The van der Waals surface area contributed by atoms with Gasteiger partial charge in [-0.1, -0.05) is 18.2 Å². The lowest BCUT2D eigenvalue weighted by Crippen LogP contribution is -2.48. The maximum atomic E-state index is 12.8. The van der Waals surface area contributed by atoms with Crippen molar-refractivity contribution in [2.24, 2.45) is 5.92 Å². The van der Waals surface area contributed by atoms with E-state index in [-0.39, 0.29) is 29.3 Å². The molecule has 2 atom stereocenters. The molecule has 1 aliphatic rings. The molecule has 7 nitrogen and oxygen atoms in total. The zero-order chi connectivity index (χ0) is 21.6. The zero-order valence-electron chi connectivity index (χ0n) is 17.3. The predicted molar refractivity (Wildman–Crippen MR) is 114 cm³/mol. The highest BCUT2D eigenvalue weighted by Gasteiger charge is 2.33. The Morgan fingerprint density at radius 1 is 1.13 bits per heavy atom. The van der Waals surface area contributed by atoms with E-state index in [1.165, 1.54) is 4.31 Å². The number of carbonyl (C=O) groups is 1. The first kappa shape index (κ1) is 22.1. The number of nitrogens with one attached hydrogen (secondary N) is 1. The molecule has 1 saturated heterocycles. The summed E-state index contributed by atoms with van der Waals surface area (Å²) in [6.07, 6.45) is 1.32. The zero-order valence-corrected chi connectivity index (χ0v) is 18.1. The maximum absolute atomic E-state index is 12.8. The molecule has 1 heterocycles. The van der Waals surface area contributed by atoms with E-state index in [0.29, 0.717) is 31.7 Å². The first-order chi connectivity index (χ1) is 14.4. The van der Waals surface area contributed by atoms with Gasteiger partial charge in [-0.2, -0.15) is 4.31 Å². The quantitative estimate of drug-likeness (QED) is 0.693. The van der Waals surface area contributed by atoms with Crippen LogP contribution in [0.1, 0.15) is 19.8 Å². The van der Waals surface area contributed by atoms with Gasteiger partial charge in [0.2, 0.25) is 15.9 Å². The molecule has 0 spiro atoms. The van der Waals surface area contributed by atoms with Gasteiger partial charge in [0.1, 0.15) is 18.1 Å². The molecule has 0 radical (unpaired) electrons. The summed E-state index contributed by atoms with van der Waals surface area (Å²) in [5, 5.41) is 2.94. The minimum absolute atomic E-state index is 0.145. The van der Waals surface area contributed by atoms with Crippen LogP contribution in [0.25, 0.3) is 0 Å². The maximum Gasteiger partial charge on any atom is 0.243 e. The van der Waals surface area contributed by atoms with Gasteiger partial charge in [-0.15, -0.1) is 0 Å². The topological polar surface area (TPSA) is 84.9 Å². The number of amides is 1. The number of hydrogen-bond donors (Lipinski definition) is 1. The van der Waals surface area contributed by atoms with E-state index in [9.17, 15) is 13.2 Å². The third kappa shape index (κ3) is 5.52. The van der Waals surface area contributed by atoms with E-state index in [4.69, 9.17) is 9.47 Å². The lowest BCUT2D eigenvalue weighted by molar-refractivity contribution is -0.126. The number of rotatable bonds is 8. The van der Waals surface area contributed by atoms with Gasteiger partial charge in [-0.3, -0.25) is 4.79 Å². The molecule has 0 aromatic heterocycles. The third-order valence-electron chi connectivity index (χ3n) is 5.08. The van der Waals surface area contributed by atoms with Crippen molar-refractivity contribution >= 4 is 15.9 Å². The van der Waals surface area contributed by atoms with Crippen LogP contribution in [0.2, 0.25) is 0 Å². The van der Waals surface area contributed by atoms with Crippen molar-refractivity contribution in [1.82, 2.24) is 9.62 Å². The largest absolute Gasteiger partial charge is 0.497 e. The van der Waals surface area contributed by atoms with E-state index in [0.717, 1.165) is 5.75 Å². The number of nitrogens with zero attached hydrogens (tertiary/aromatic N) is 1. The van der Waals surface area contributed by atoms with Crippen LogP contribution in [-0.4, -0.2) is 51.5 Å². The Morgan fingerprint density at radius 2 is 1.80 bits per heavy atom. The molecule has 3 rings (SSSR count). The molecule has 1 amide bonds. The van der Waals surface area contributed by atoms with Gasteiger partial charge in [-0.05, 0) is 56.2 Å². The second kappa shape index (κ2) is 9.95. The average Bonchev–Trinajstić information content (AvgIpc) is 2.78. The standard InChI is InChI=1S/C22H28N2O5S/c1-17(16-29-20-12-10-19(28-2)11-13-20)23-22(25)18-7-6-14-24(15-18)30(26,27)21-8-4-3-5-9-21/h3-5,8-13,17-18H,6-7,14-16H2,1-2H3,(H,23,25)/t17-,18-/m1/s1. The minimum Gasteiger partial charge on any atom is -0.497 e. The summed E-state index contributed by atoms with van der Waals surface area (Å²) in [7, 11) is -1.99. The molecule has 0 aliphatic carbocycles. The van der Waals surface area contributed by atoms with Gasteiger partial charge in [0, 0.05) is 13.1 Å². The van der Waals surface area contributed by atoms with Crippen molar-refractivity contribution < 1.29 is 22.7 Å². The molecule has 1 N–H and O–H groups in total. The number of carbonyl (C=O) groups excluding carboxylic acids is 1. The van der Waals surface area contributed by atoms with Crippen LogP contribution in [0.4, 0.5) is 0 Å². The lowest BCUT2D eigenvalue weighted by Gasteiger charge is -2.31. The Bertz CT molecular complexity index is 932. The highest BCUT2D eigenvalue weighted by atomic mass is 32.2. The fourth-order valence-corrected chi connectivity index (χ4v) is 4.96. The van der Waals surface area contributed by atoms with E-state index in [1.54, 1.807) is 49.6 Å². The number of sulfonamides is 1. The van der Waals surface area contributed by atoms with Gasteiger partial charge in [-0.25, -0.2) is 8.42 Å². The Labute approximate surface area is 178 Å². The molecule has 162 valence electrons. The SMILES string of the molecule is COc1ccc(OC[C@@H](C)NC(=O)[C@@H]2CCCN(S(=O)(=O)c3ccccc3)C2)cc1. The normalized spacial score (nSPS) is 18.4. The van der Waals surface area contributed by atoms with E-state index in [1.807, 2.05) is 19.1 Å². The molecule has 2 aromatic carbocycles. The van der Waals surface area contributed by atoms with Crippen LogP contribution in [0, 0.1) is 5.92 Å². The molecule has 30 heavy (non-hydrogen) atoms. The molecular formula is C22H28N2O5S. The van der Waals surface area contributed by atoms with Crippen LogP contribution >= 0.6 is 0 Å². The third-order valence-corrected chi connectivity index (χ3v) is 6.96. The van der Waals surface area contributed by atoms with Gasteiger partial charge < -0.3 is 14.8 Å². The molecule has 2 aromatic rings. The van der Waals surface area contributed by atoms with Crippen molar-refractivity contribution in [3.8, 4) is 11.5 Å². The molecular weight excluding hydrogens is 404 g/mol. The second-order valence-electron chi connectivity index (χ2n) is 7.41. The van der Waals surface area contributed by atoms with Gasteiger partial charge in [0.15, 0.2) is 0 Å². The van der Waals surface area contributed by atoms with Crippen LogP contribution in [0.5, 0.6) is 11.5 Å². The first-order valence-corrected chi connectivity index (χ1v) is 11.5. The van der Waals surface area contributed by atoms with E-state index in [2.05, 4.69) is 5.32 Å². The minimum atomic E-state index is -3.59. The van der Waals surface area contributed by atoms with Crippen molar-refractivity contribution in [3.05, 3.63) is 54.6 Å². The number of ether oxygens (including phenoxy) is 2. The molecule has 0 bridgehead atoms. The summed E-state index contributed by atoms with van der Waals surface area (Å²) in [6.45, 7) is 2.80. The van der Waals surface area contributed by atoms with Crippen LogP contribution in [-0.2, 0) is 14.8 Å². The fourth-order valence-electron chi connectivity index (χ4n) is 3.41. The van der Waals surface area contributed by atoms with Crippen molar-refractivity contribution in [3.63, 3.8) is 0 Å². The Balaban J connectivity index is 1.53. The summed E-state index contributed by atoms with van der Waals surface area (Å²) in [4.78, 5) is 13.0. The molecule has 8 heteroatoms. The predicted octanol–water partition coefficient (Wildman–Crippen LogP) is 2.68. The summed E-state index contributed by atoms with van der Waals surface area (Å²) in [6, 6.07) is 15.4. The highest BCUT2D eigenvalue weighted by Crippen LogP contribution is 2.24. The molecule has 1 aliphatic heterocycles. The number of benzene rings is 2. The van der Waals surface area contributed by atoms with Gasteiger partial charge >= 0.3 is 0 Å². The number of hydrogen-bond acceptors (Lipinski definition) is 5. The van der Waals surface area contributed by atoms with Crippen molar-refractivity contribution in [2.75, 3.05) is 26.8 Å². The first-order valence-electron chi connectivity index (χ1n) is 10.0. The molecule has 1 fully saturated rings. The van der Waals surface area contributed by atoms with Gasteiger partial charge in [0.05, 0.1) is 24.0 Å². The van der Waals surface area contributed by atoms with Crippen LogP contribution in [0.15, 0.2) is 59.5 Å². The monoisotopic (exact) mass is 432 g/mol. The fraction of sp³-hybridized carbons (Fsp3) is 0.409. The van der Waals surface area contributed by atoms with Crippen LogP contribution in [0.3, 0.4) is 0 Å². The summed E-state index contributed by atoms with van der Waals surface area (Å²) >= 11 is 0. The summed E-state index contributed by atoms with van der Waals surface area (Å²) in [5.41, 5.74) is 0. The summed E-state index contributed by atoms with van der Waals surface area (Å²) in [5.74, 6) is 0.917. The van der Waals surface area contributed by atoms with Crippen molar-refractivity contribution in [1.29, 1.82) is 0 Å². The lowest BCUT2D eigenvalue weighted by atomic mass is 9.98. The second-order valence-corrected chi connectivity index (χ2v) is 9.35. The average molecular weight is 433 g/mol. The Morgan fingerprint density at radius 3 is 2.47 bits per heavy atom. The summed E-state index contributed by atoms with van der Waals surface area (Å²) < 4.78 is 37.9. The van der Waals surface area contributed by atoms with Gasteiger partial charge in [0.25, 0.3) is 0 Å². The van der Waals surface area contributed by atoms with E-state index < -0.39 is 10.0 Å². The number of piperidine rings is 1. The Hall–Kier alpha value is -2.58. The van der Waals surface area contributed by atoms with Crippen LogP contribution < -0.4 is 14.8 Å². The smallest absolute Gasteiger partial charge is 0.243 e. The molecule has 0 saturated carbocycles. The van der Waals surface area contributed by atoms with E-state index >= 15 is 0 Å². The van der Waals surface area contributed by atoms with Crippen molar-refractivity contribution in [2.45, 2.75) is 30.7 Å².